The Hall–Kier alpha value is -1.31. The summed E-state index contributed by atoms with van der Waals surface area (Å²) in [6.07, 6.45) is 2.04. The number of amides is 1. The van der Waals surface area contributed by atoms with Crippen molar-refractivity contribution in [3.05, 3.63) is 35.4 Å². The van der Waals surface area contributed by atoms with Crippen LogP contribution in [0.15, 0.2) is 24.3 Å². The van der Waals surface area contributed by atoms with Crippen molar-refractivity contribution in [2.45, 2.75) is 18.4 Å². The van der Waals surface area contributed by atoms with Crippen LogP contribution in [0.25, 0.3) is 0 Å². The van der Waals surface area contributed by atoms with Gasteiger partial charge in [0, 0.05) is 14.0 Å². The van der Waals surface area contributed by atoms with Gasteiger partial charge >= 0.3 is 0 Å². The van der Waals surface area contributed by atoms with Gasteiger partial charge in [-0.1, -0.05) is 18.2 Å². The first-order valence-corrected chi connectivity index (χ1v) is 4.50. The third-order valence-electron chi connectivity index (χ3n) is 3.14. The molecule has 0 atom stereocenters. The van der Waals surface area contributed by atoms with Crippen molar-refractivity contribution in [3.8, 4) is 0 Å². The molecule has 0 saturated heterocycles. The van der Waals surface area contributed by atoms with Gasteiger partial charge in [0.2, 0.25) is 0 Å². The molecule has 1 aromatic carbocycles. The van der Waals surface area contributed by atoms with Crippen LogP contribution in [-0.4, -0.2) is 17.8 Å². The fraction of sp³-hybridized carbons (Fsp3) is 0.364. The predicted molar refractivity (Wildman–Crippen MR) is 49.4 cm³/mol. The maximum Gasteiger partial charge on any atom is 0.254 e. The lowest BCUT2D eigenvalue weighted by molar-refractivity contribution is 0.0755. The average Bonchev–Trinajstić information content (AvgIpc) is 2.95. The zero-order valence-electron chi connectivity index (χ0n) is 8.29. The molecule has 3 rings (SSSR count). The summed E-state index contributed by atoms with van der Waals surface area (Å²) < 4.78 is 7.41. The molecular formula is C11H11NO. The standard InChI is InChI=1S/C11H11NO/c1-12-10(13)8-4-2-3-5-9(8)11(12)6-7-11/h2-5H,6-7H2,1H3/i1D. The van der Waals surface area contributed by atoms with E-state index in [0.29, 0.717) is 0 Å². The highest BCUT2D eigenvalue weighted by Gasteiger charge is 2.55. The molecule has 1 spiro atoms. The maximum atomic E-state index is 11.9. The van der Waals surface area contributed by atoms with E-state index in [2.05, 4.69) is 0 Å². The van der Waals surface area contributed by atoms with E-state index in [1.807, 2.05) is 24.3 Å². The van der Waals surface area contributed by atoms with E-state index in [4.69, 9.17) is 1.37 Å². The summed E-state index contributed by atoms with van der Waals surface area (Å²) >= 11 is 0. The summed E-state index contributed by atoms with van der Waals surface area (Å²) in [5.74, 6) is 0.0353. The van der Waals surface area contributed by atoms with E-state index < -0.39 is 0 Å². The van der Waals surface area contributed by atoms with Gasteiger partial charge in [-0.3, -0.25) is 4.79 Å². The Bertz CT molecular complexity index is 412. The minimum atomic E-state index is -0.0879. The molecule has 0 N–H and O–H groups in total. The number of benzene rings is 1. The van der Waals surface area contributed by atoms with Gasteiger partial charge in [0.1, 0.15) is 0 Å². The van der Waals surface area contributed by atoms with Crippen LogP contribution in [0.4, 0.5) is 0 Å². The van der Waals surface area contributed by atoms with Gasteiger partial charge in [0.25, 0.3) is 5.91 Å². The van der Waals surface area contributed by atoms with Crippen LogP contribution in [0.2, 0.25) is 0 Å². The van der Waals surface area contributed by atoms with Crippen molar-refractivity contribution in [2.75, 3.05) is 7.02 Å². The molecule has 1 aromatic rings. The molecule has 1 fully saturated rings. The first-order valence-electron chi connectivity index (χ1n) is 5.21. The number of nitrogens with zero attached hydrogens (tertiary/aromatic N) is 1. The Balaban J connectivity index is 2.20. The van der Waals surface area contributed by atoms with Gasteiger partial charge in [-0.2, -0.15) is 0 Å². The Kier molecular flexibility index (Phi) is 0.928. The molecule has 1 aliphatic heterocycles. The fourth-order valence-electron chi connectivity index (χ4n) is 2.22. The zero-order chi connectivity index (χ0) is 9.76. The third kappa shape index (κ3) is 0.671. The normalized spacial score (nSPS) is 23.2. The Morgan fingerprint density at radius 2 is 2.23 bits per heavy atom. The molecule has 2 nitrogen and oxygen atoms in total. The van der Waals surface area contributed by atoms with Crippen molar-refractivity contribution in [1.29, 1.82) is 0 Å². The molecule has 0 radical (unpaired) electrons. The van der Waals surface area contributed by atoms with Crippen LogP contribution < -0.4 is 0 Å². The van der Waals surface area contributed by atoms with Crippen LogP contribution in [0, 0.1) is 0 Å². The minimum absolute atomic E-state index is 0.0353. The first kappa shape index (κ1) is 6.19. The van der Waals surface area contributed by atoms with Crippen molar-refractivity contribution < 1.29 is 6.17 Å². The molecule has 0 bridgehead atoms. The quantitative estimate of drug-likeness (QED) is 0.587. The third-order valence-corrected chi connectivity index (χ3v) is 3.14. The number of hydrogen-bond donors (Lipinski definition) is 0. The summed E-state index contributed by atoms with van der Waals surface area (Å²) in [6, 6.07) is 7.75. The molecular weight excluding hydrogens is 162 g/mol. The van der Waals surface area contributed by atoms with Crippen LogP contribution >= 0.6 is 0 Å². The van der Waals surface area contributed by atoms with E-state index in [1.165, 1.54) is 0 Å². The van der Waals surface area contributed by atoms with Gasteiger partial charge < -0.3 is 4.90 Å². The monoisotopic (exact) mass is 174 g/mol. The van der Waals surface area contributed by atoms with Gasteiger partial charge in [0.05, 0.1) is 5.54 Å². The fourth-order valence-corrected chi connectivity index (χ4v) is 2.22. The molecule has 1 saturated carbocycles. The lowest BCUT2D eigenvalue weighted by atomic mass is 10.0. The largest absolute Gasteiger partial charge is 0.332 e. The van der Waals surface area contributed by atoms with E-state index in [-0.39, 0.29) is 18.5 Å². The Morgan fingerprint density at radius 1 is 1.46 bits per heavy atom. The Labute approximate surface area is 78.6 Å². The Morgan fingerprint density at radius 3 is 2.92 bits per heavy atom. The molecule has 0 unspecified atom stereocenters. The molecule has 13 heavy (non-hydrogen) atoms. The number of carbonyl (C=O) groups excluding carboxylic acids is 1. The van der Waals surface area contributed by atoms with E-state index >= 15 is 0 Å². The van der Waals surface area contributed by atoms with Crippen molar-refractivity contribution in [1.82, 2.24) is 4.90 Å². The van der Waals surface area contributed by atoms with Crippen molar-refractivity contribution in [3.63, 3.8) is 0 Å². The van der Waals surface area contributed by atoms with Crippen LogP contribution in [0.1, 0.15) is 30.1 Å². The highest BCUT2D eigenvalue weighted by Crippen LogP contribution is 2.55. The highest BCUT2D eigenvalue weighted by molar-refractivity contribution is 6.00. The molecule has 1 amide bonds. The summed E-state index contributed by atoms with van der Waals surface area (Å²) in [6.45, 7) is 0. The lowest BCUT2D eigenvalue weighted by Crippen LogP contribution is -2.28. The summed E-state index contributed by atoms with van der Waals surface area (Å²) in [5, 5.41) is 0. The van der Waals surface area contributed by atoms with Gasteiger partial charge in [0.15, 0.2) is 0 Å². The SMILES string of the molecule is [2H]CN1C(=O)c2ccccc2C12CC2. The van der Waals surface area contributed by atoms with E-state index in [9.17, 15) is 4.79 Å². The first-order chi connectivity index (χ1) is 6.79. The maximum absolute atomic E-state index is 11.9. The molecule has 1 heterocycles. The summed E-state index contributed by atoms with van der Waals surface area (Å²) in [4.78, 5) is 13.6. The topological polar surface area (TPSA) is 20.3 Å². The van der Waals surface area contributed by atoms with Gasteiger partial charge in [-0.15, -0.1) is 0 Å². The molecule has 2 heteroatoms. The minimum Gasteiger partial charge on any atom is -0.332 e. The number of hydrogen-bond acceptors (Lipinski definition) is 1. The number of carbonyl (C=O) groups is 1. The zero-order valence-corrected chi connectivity index (χ0v) is 7.29. The smallest absolute Gasteiger partial charge is 0.254 e. The molecule has 2 aliphatic rings. The van der Waals surface area contributed by atoms with Gasteiger partial charge in [-0.05, 0) is 24.5 Å². The second kappa shape index (κ2) is 1.95. The molecule has 1 aliphatic carbocycles. The van der Waals surface area contributed by atoms with E-state index in [1.54, 1.807) is 4.90 Å². The van der Waals surface area contributed by atoms with Gasteiger partial charge in [-0.25, -0.2) is 0 Å². The van der Waals surface area contributed by atoms with Crippen LogP contribution in [0.3, 0.4) is 0 Å². The lowest BCUT2D eigenvalue weighted by Gasteiger charge is -2.18. The van der Waals surface area contributed by atoms with Crippen LogP contribution in [-0.2, 0) is 5.54 Å². The summed E-state index contributed by atoms with van der Waals surface area (Å²) in [7, 11) is 0.0769. The van der Waals surface area contributed by atoms with Crippen molar-refractivity contribution >= 4 is 5.91 Å². The molecule has 0 aromatic heterocycles. The van der Waals surface area contributed by atoms with Crippen LogP contribution in [0.5, 0.6) is 0 Å². The number of fused-ring (bicyclic) bond motifs is 2. The average molecular weight is 174 g/mol. The second-order valence-corrected chi connectivity index (χ2v) is 3.81. The second-order valence-electron chi connectivity index (χ2n) is 3.81. The number of rotatable bonds is 0. The summed E-state index contributed by atoms with van der Waals surface area (Å²) in [5.41, 5.74) is 1.85. The molecule has 66 valence electrons. The van der Waals surface area contributed by atoms with E-state index in [0.717, 1.165) is 24.0 Å². The highest BCUT2D eigenvalue weighted by atomic mass is 16.2. The predicted octanol–water partition coefficient (Wildman–Crippen LogP) is 1.76. The van der Waals surface area contributed by atoms with Crippen molar-refractivity contribution in [2.24, 2.45) is 0 Å².